The molecule has 1 saturated heterocycles. The molecule has 6 N–H and O–H groups in total. The quantitative estimate of drug-likeness (QED) is 0.189. The molecule has 0 spiro atoms. The third kappa shape index (κ3) is 6.61. The first-order chi connectivity index (χ1) is 19.7. The standard InChI is InChI=1S/C25H33FN6O3.C6H6/c1-14(27)21(31-28)16-11-19-22(29-12-16)17-5-6-18(25(2,3)30-24(33)34-4)20(26)23(17)32(19)13-15-7-9-35-10-8-15;1-2-4-6-5-3-1/h5-6,11-12,15,31H,7-10,13,27-28H2,1-4H3,(H,30,33);1-6H/b21-14-;. The minimum atomic E-state index is -1.00. The zero-order valence-electron chi connectivity index (χ0n) is 24.0. The van der Waals surface area contributed by atoms with Crippen LogP contribution < -0.4 is 22.3 Å². The summed E-state index contributed by atoms with van der Waals surface area (Å²) in [6, 6.07) is 17.5. The number of nitrogens with two attached hydrogens (primary N) is 2. The summed E-state index contributed by atoms with van der Waals surface area (Å²) in [4.78, 5) is 16.6. The van der Waals surface area contributed by atoms with Gasteiger partial charge in [-0.3, -0.25) is 10.8 Å². The monoisotopic (exact) mass is 562 g/mol. The Morgan fingerprint density at radius 2 is 1.80 bits per heavy atom. The van der Waals surface area contributed by atoms with E-state index in [1.807, 2.05) is 53.1 Å². The Morgan fingerprint density at radius 3 is 2.37 bits per heavy atom. The molecule has 2 aromatic carbocycles. The van der Waals surface area contributed by atoms with Crippen molar-refractivity contribution >= 4 is 33.7 Å². The SMILES string of the molecule is COC(=O)NC(C)(C)c1ccc2c3ncc(/C(NN)=C(\C)N)cc3n(CC3CCOCC3)c2c1F.c1ccccc1. The van der Waals surface area contributed by atoms with Crippen LogP contribution in [-0.2, 0) is 21.6 Å². The highest BCUT2D eigenvalue weighted by Gasteiger charge is 2.30. The van der Waals surface area contributed by atoms with Crippen LogP contribution in [0, 0.1) is 11.7 Å². The number of nitrogens with one attached hydrogen (secondary N) is 2. The number of carbonyl (C=O) groups is 1. The van der Waals surface area contributed by atoms with Crippen LogP contribution in [0.2, 0.25) is 0 Å². The molecule has 1 amide bonds. The molecule has 5 rings (SSSR count). The van der Waals surface area contributed by atoms with Crippen LogP contribution in [0.1, 0.15) is 44.7 Å². The van der Waals surface area contributed by atoms with Crippen LogP contribution in [0.15, 0.2) is 66.5 Å². The van der Waals surface area contributed by atoms with Gasteiger partial charge in [-0.05, 0) is 45.6 Å². The van der Waals surface area contributed by atoms with Crippen molar-refractivity contribution in [2.45, 2.75) is 45.7 Å². The van der Waals surface area contributed by atoms with Gasteiger partial charge in [0, 0.05) is 48.2 Å². The van der Waals surface area contributed by atoms with Crippen molar-refractivity contribution in [3.63, 3.8) is 0 Å². The third-order valence-corrected chi connectivity index (χ3v) is 7.35. The summed E-state index contributed by atoms with van der Waals surface area (Å²) in [5.41, 5.74) is 11.7. The number of benzene rings is 2. The second-order valence-corrected chi connectivity index (χ2v) is 10.7. The first-order valence-corrected chi connectivity index (χ1v) is 13.7. The smallest absolute Gasteiger partial charge is 0.407 e. The number of pyridine rings is 1. The van der Waals surface area contributed by atoms with E-state index >= 15 is 4.39 Å². The minimum absolute atomic E-state index is 0.328. The molecule has 41 heavy (non-hydrogen) atoms. The van der Waals surface area contributed by atoms with E-state index in [4.69, 9.17) is 21.1 Å². The van der Waals surface area contributed by atoms with Crippen molar-refractivity contribution in [3.05, 3.63) is 83.4 Å². The molecule has 0 unspecified atom stereocenters. The van der Waals surface area contributed by atoms with Crippen molar-refractivity contribution in [3.8, 4) is 0 Å². The maximum Gasteiger partial charge on any atom is 0.407 e. The number of nitrogens with zero attached hydrogens (tertiary/aromatic N) is 2. The molecule has 0 bridgehead atoms. The number of hydrazine groups is 1. The summed E-state index contributed by atoms with van der Waals surface area (Å²) >= 11 is 0. The van der Waals surface area contributed by atoms with Crippen molar-refractivity contribution in [1.29, 1.82) is 0 Å². The van der Waals surface area contributed by atoms with Gasteiger partial charge in [-0.25, -0.2) is 9.18 Å². The first kappa shape index (κ1) is 29.8. The number of carbonyl (C=O) groups excluding carboxylic acids is 1. The van der Waals surface area contributed by atoms with E-state index in [1.165, 1.54) is 7.11 Å². The van der Waals surface area contributed by atoms with Crippen LogP contribution in [0.5, 0.6) is 0 Å². The molecule has 4 aromatic rings. The molecule has 9 nitrogen and oxygen atoms in total. The lowest BCUT2D eigenvalue weighted by molar-refractivity contribution is 0.0619. The number of halogens is 1. The van der Waals surface area contributed by atoms with Gasteiger partial charge in [0.2, 0.25) is 0 Å². The van der Waals surface area contributed by atoms with E-state index < -0.39 is 17.4 Å². The van der Waals surface area contributed by atoms with Crippen molar-refractivity contribution in [2.75, 3.05) is 20.3 Å². The highest BCUT2D eigenvalue weighted by Crippen LogP contribution is 2.36. The number of fused-ring (bicyclic) bond motifs is 3. The van der Waals surface area contributed by atoms with Crippen LogP contribution >= 0.6 is 0 Å². The summed E-state index contributed by atoms with van der Waals surface area (Å²) in [7, 11) is 1.28. The van der Waals surface area contributed by atoms with Crippen LogP contribution in [-0.4, -0.2) is 36.0 Å². The van der Waals surface area contributed by atoms with Gasteiger partial charge in [-0.2, -0.15) is 0 Å². The first-order valence-electron chi connectivity index (χ1n) is 13.7. The second-order valence-electron chi connectivity index (χ2n) is 10.7. The topological polar surface area (TPSA) is 129 Å². The molecule has 0 aliphatic carbocycles. The molecular formula is C31H39FN6O3. The average Bonchev–Trinajstić information content (AvgIpc) is 3.28. The molecule has 2 aromatic heterocycles. The van der Waals surface area contributed by atoms with E-state index in [9.17, 15) is 4.79 Å². The Labute approximate surface area is 239 Å². The van der Waals surface area contributed by atoms with E-state index in [-0.39, 0.29) is 0 Å². The highest BCUT2D eigenvalue weighted by atomic mass is 19.1. The van der Waals surface area contributed by atoms with E-state index in [1.54, 1.807) is 33.0 Å². The predicted molar refractivity (Wildman–Crippen MR) is 160 cm³/mol. The number of rotatable bonds is 6. The number of aromatic nitrogens is 2. The summed E-state index contributed by atoms with van der Waals surface area (Å²) in [6.45, 7) is 7.21. The number of allylic oxidation sites excluding steroid dienone is 1. The fourth-order valence-corrected chi connectivity index (χ4v) is 5.19. The van der Waals surface area contributed by atoms with E-state index in [0.717, 1.165) is 18.4 Å². The second kappa shape index (κ2) is 13.0. The zero-order valence-corrected chi connectivity index (χ0v) is 24.0. The lowest BCUT2D eigenvalue weighted by Gasteiger charge is -2.27. The van der Waals surface area contributed by atoms with Crippen LogP contribution in [0.25, 0.3) is 27.6 Å². The van der Waals surface area contributed by atoms with Gasteiger partial charge in [0.05, 0.1) is 34.9 Å². The molecule has 1 fully saturated rings. The number of alkyl carbamates (subject to hydrolysis) is 1. The number of methoxy groups -OCH3 is 1. The zero-order chi connectivity index (χ0) is 29.6. The highest BCUT2D eigenvalue weighted by molar-refractivity contribution is 6.06. The molecule has 3 heterocycles. The normalized spacial score (nSPS) is 14.7. The van der Waals surface area contributed by atoms with E-state index in [0.29, 0.717) is 64.6 Å². The molecule has 10 heteroatoms. The van der Waals surface area contributed by atoms with Gasteiger partial charge in [0.1, 0.15) is 0 Å². The summed E-state index contributed by atoms with van der Waals surface area (Å²) in [6.07, 6.45) is 2.83. The number of hydrogen-bond acceptors (Lipinski definition) is 7. The van der Waals surface area contributed by atoms with Gasteiger partial charge in [0.25, 0.3) is 0 Å². The molecule has 0 saturated carbocycles. The number of hydrogen-bond donors (Lipinski definition) is 4. The third-order valence-electron chi connectivity index (χ3n) is 7.35. The lowest BCUT2D eigenvalue weighted by Crippen LogP contribution is -2.41. The average molecular weight is 563 g/mol. The van der Waals surface area contributed by atoms with Crippen LogP contribution in [0.4, 0.5) is 9.18 Å². The molecule has 218 valence electrons. The lowest BCUT2D eigenvalue weighted by atomic mass is 9.92. The van der Waals surface area contributed by atoms with Crippen LogP contribution in [0.3, 0.4) is 0 Å². The maximum atomic E-state index is 16.3. The van der Waals surface area contributed by atoms with Crippen molar-refractivity contribution in [1.82, 2.24) is 20.3 Å². The Hall–Kier alpha value is -4.15. The molecule has 1 aliphatic heterocycles. The molecule has 1 aliphatic rings. The van der Waals surface area contributed by atoms with Crippen molar-refractivity contribution < 1.29 is 18.7 Å². The Morgan fingerprint density at radius 1 is 1.17 bits per heavy atom. The van der Waals surface area contributed by atoms with E-state index in [2.05, 4.69) is 15.7 Å². The predicted octanol–water partition coefficient (Wildman–Crippen LogP) is 5.14. The minimum Gasteiger partial charge on any atom is -0.453 e. The van der Waals surface area contributed by atoms with Gasteiger partial charge >= 0.3 is 6.09 Å². The largest absolute Gasteiger partial charge is 0.453 e. The molecule has 0 radical (unpaired) electrons. The fraction of sp³-hybridized carbons (Fsp3) is 0.355. The Bertz CT molecular complexity index is 1500. The Balaban J connectivity index is 0.000000572. The van der Waals surface area contributed by atoms with Gasteiger partial charge in [-0.1, -0.05) is 48.5 Å². The number of ether oxygens (including phenoxy) is 2. The fourth-order valence-electron chi connectivity index (χ4n) is 5.19. The molecular weight excluding hydrogens is 523 g/mol. The molecule has 0 atom stereocenters. The number of amides is 1. The summed E-state index contributed by atoms with van der Waals surface area (Å²) in [5.74, 6) is 5.64. The van der Waals surface area contributed by atoms with Gasteiger partial charge in [-0.15, -0.1) is 0 Å². The summed E-state index contributed by atoms with van der Waals surface area (Å²) in [5, 5.41) is 3.42. The van der Waals surface area contributed by atoms with Gasteiger partial charge in [0.15, 0.2) is 5.82 Å². The maximum absolute atomic E-state index is 16.3. The Kier molecular flexibility index (Phi) is 9.46. The van der Waals surface area contributed by atoms with Gasteiger partial charge < -0.3 is 30.5 Å². The summed E-state index contributed by atoms with van der Waals surface area (Å²) < 4.78 is 28.6. The van der Waals surface area contributed by atoms with Crippen molar-refractivity contribution in [2.24, 2.45) is 17.5 Å².